The average Bonchev–Trinajstić information content (AvgIpc) is 2.77. The zero-order valence-electron chi connectivity index (χ0n) is 11.5. The molecule has 18 heavy (non-hydrogen) atoms. The molecule has 1 aromatic rings. The van der Waals surface area contributed by atoms with Crippen LogP contribution in [0, 0.1) is 0 Å². The van der Waals surface area contributed by atoms with Crippen molar-refractivity contribution in [1.82, 2.24) is 5.16 Å². The number of rotatable bonds is 11. The van der Waals surface area contributed by atoms with Crippen molar-refractivity contribution in [3.05, 3.63) is 11.8 Å². The molecule has 1 heterocycles. The molecule has 0 atom stereocenters. The first-order valence-corrected chi connectivity index (χ1v) is 8.27. The summed E-state index contributed by atoms with van der Waals surface area (Å²) in [5, 5.41) is 3.67. The molecule has 2 N–H and O–H groups in total. The number of thioether (sulfide) groups is 1. The Labute approximate surface area is 115 Å². The van der Waals surface area contributed by atoms with Gasteiger partial charge in [-0.1, -0.05) is 57.0 Å². The van der Waals surface area contributed by atoms with E-state index in [1.165, 1.54) is 57.1 Å². The van der Waals surface area contributed by atoms with Crippen molar-refractivity contribution in [2.24, 2.45) is 0 Å². The van der Waals surface area contributed by atoms with Gasteiger partial charge in [0.25, 0.3) is 0 Å². The Kier molecular flexibility index (Phi) is 8.82. The molecule has 0 spiro atoms. The highest BCUT2D eigenvalue weighted by atomic mass is 32.2. The zero-order chi connectivity index (χ0) is 13.1. The van der Waals surface area contributed by atoms with E-state index in [0.29, 0.717) is 5.82 Å². The third-order valence-electron chi connectivity index (χ3n) is 2.96. The molecule has 0 radical (unpaired) electrons. The van der Waals surface area contributed by atoms with E-state index in [0.717, 1.165) is 11.5 Å². The fraction of sp³-hybridized carbons (Fsp3) is 0.786. The topological polar surface area (TPSA) is 52.0 Å². The number of unbranched alkanes of at least 4 members (excludes halogenated alkanes) is 7. The van der Waals surface area contributed by atoms with Crippen molar-refractivity contribution in [3.8, 4) is 0 Å². The lowest BCUT2D eigenvalue weighted by atomic mass is 10.1. The van der Waals surface area contributed by atoms with Crippen LogP contribution < -0.4 is 5.73 Å². The van der Waals surface area contributed by atoms with Gasteiger partial charge in [0.05, 0.1) is 5.75 Å². The molecule has 104 valence electrons. The van der Waals surface area contributed by atoms with Gasteiger partial charge < -0.3 is 10.3 Å². The summed E-state index contributed by atoms with van der Waals surface area (Å²) >= 11 is 1.90. The van der Waals surface area contributed by atoms with Crippen LogP contribution in [0.2, 0.25) is 0 Å². The summed E-state index contributed by atoms with van der Waals surface area (Å²) in [6, 6.07) is 1.81. The summed E-state index contributed by atoms with van der Waals surface area (Å²) in [6.07, 6.45) is 11.0. The van der Waals surface area contributed by atoms with E-state index >= 15 is 0 Å². The van der Waals surface area contributed by atoms with Crippen LogP contribution in [0.15, 0.2) is 10.6 Å². The van der Waals surface area contributed by atoms with Gasteiger partial charge in [-0.25, -0.2) is 0 Å². The maximum absolute atomic E-state index is 5.48. The van der Waals surface area contributed by atoms with Gasteiger partial charge in [0, 0.05) is 6.07 Å². The van der Waals surface area contributed by atoms with Gasteiger partial charge in [0.15, 0.2) is 5.82 Å². The second-order valence-electron chi connectivity index (χ2n) is 4.75. The molecule has 1 aromatic heterocycles. The molecule has 1 rings (SSSR count). The fourth-order valence-corrected chi connectivity index (χ4v) is 2.80. The van der Waals surface area contributed by atoms with Crippen molar-refractivity contribution in [3.63, 3.8) is 0 Å². The molecule has 0 unspecified atom stereocenters. The van der Waals surface area contributed by atoms with E-state index in [4.69, 9.17) is 10.3 Å². The van der Waals surface area contributed by atoms with E-state index in [-0.39, 0.29) is 0 Å². The number of anilines is 1. The number of nitrogens with zero attached hydrogens (tertiary/aromatic N) is 1. The number of hydrogen-bond donors (Lipinski definition) is 1. The van der Waals surface area contributed by atoms with Crippen LogP contribution in [0.25, 0.3) is 0 Å². The summed E-state index contributed by atoms with van der Waals surface area (Å²) in [4.78, 5) is 0. The van der Waals surface area contributed by atoms with Crippen molar-refractivity contribution in [2.45, 2.75) is 64.0 Å². The van der Waals surface area contributed by atoms with Crippen LogP contribution in [0.4, 0.5) is 5.82 Å². The summed E-state index contributed by atoms with van der Waals surface area (Å²) in [5.41, 5.74) is 5.48. The first-order valence-electron chi connectivity index (χ1n) is 7.11. The molecule has 0 fully saturated rings. The standard InChI is InChI=1S/C14H26N2OS/c1-2-3-4-5-6-7-8-9-10-18-12-13-11-14(15)16-17-13/h11H,2-10,12H2,1H3,(H2,15,16). The van der Waals surface area contributed by atoms with Crippen LogP contribution in [-0.2, 0) is 5.75 Å². The SMILES string of the molecule is CCCCCCCCCCSCc1cc(N)no1. The van der Waals surface area contributed by atoms with Gasteiger partial charge in [-0.2, -0.15) is 11.8 Å². The second-order valence-corrected chi connectivity index (χ2v) is 5.85. The number of hydrogen-bond acceptors (Lipinski definition) is 4. The third-order valence-corrected chi connectivity index (χ3v) is 4.03. The van der Waals surface area contributed by atoms with Gasteiger partial charge in [-0.15, -0.1) is 0 Å². The Morgan fingerprint density at radius 2 is 1.78 bits per heavy atom. The minimum atomic E-state index is 0.484. The molecule has 0 aromatic carbocycles. The number of nitrogens with two attached hydrogens (primary N) is 1. The molecule has 0 bridgehead atoms. The van der Waals surface area contributed by atoms with Crippen LogP contribution in [0.3, 0.4) is 0 Å². The first kappa shape index (κ1) is 15.4. The molecule has 0 aliphatic rings. The first-order chi connectivity index (χ1) is 8.83. The van der Waals surface area contributed by atoms with Crippen LogP contribution in [0.1, 0.15) is 64.1 Å². The molecule has 0 saturated heterocycles. The lowest BCUT2D eigenvalue weighted by molar-refractivity contribution is 0.398. The average molecular weight is 270 g/mol. The Bertz CT molecular complexity index is 302. The lowest BCUT2D eigenvalue weighted by Crippen LogP contribution is -1.84. The van der Waals surface area contributed by atoms with Gasteiger partial charge in [-0.05, 0) is 12.2 Å². The molecule has 0 aliphatic heterocycles. The van der Waals surface area contributed by atoms with Gasteiger partial charge in [-0.3, -0.25) is 0 Å². The summed E-state index contributed by atoms with van der Waals surface area (Å²) in [5.74, 6) is 3.46. The molecule has 3 nitrogen and oxygen atoms in total. The predicted molar refractivity (Wildman–Crippen MR) is 79.7 cm³/mol. The van der Waals surface area contributed by atoms with E-state index < -0.39 is 0 Å². The Morgan fingerprint density at radius 1 is 1.11 bits per heavy atom. The van der Waals surface area contributed by atoms with Crippen molar-refractivity contribution >= 4 is 17.6 Å². The maximum atomic E-state index is 5.48. The summed E-state index contributed by atoms with van der Waals surface area (Å²) in [7, 11) is 0. The normalized spacial score (nSPS) is 10.9. The molecular weight excluding hydrogens is 244 g/mol. The Hall–Kier alpha value is -0.640. The van der Waals surface area contributed by atoms with E-state index in [1.54, 1.807) is 6.07 Å². The molecule has 4 heteroatoms. The van der Waals surface area contributed by atoms with Gasteiger partial charge >= 0.3 is 0 Å². The number of nitrogen functional groups attached to an aromatic ring is 1. The zero-order valence-corrected chi connectivity index (χ0v) is 12.3. The fourth-order valence-electron chi connectivity index (χ4n) is 1.91. The third kappa shape index (κ3) is 7.64. The minimum Gasteiger partial charge on any atom is -0.381 e. The smallest absolute Gasteiger partial charge is 0.167 e. The number of aromatic nitrogens is 1. The minimum absolute atomic E-state index is 0.484. The maximum Gasteiger partial charge on any atom is 0.167 e. The van der Waals surface area contributed by atoms with E-state index in [1.807, 2.05) is 11.8 Å². The van der Waals surface area contributed by atoms with E-state index in [2.05, 4.69) is 12.1 Å². The highest BCUT2D eigenvalue weighted by Gasteiger charge is 2.00. The molecule has 0 aliphatic carbocycles. The van der Waals surface area contributed by atoms with E-state index in [9.17, 15) is 0 Å². The highest BCUT2D eigenvalue weighted by Crippen LogP contribution is 2.16. The Morgan fingerprint density at radius 3 is 2.39 bits per heavy atom. The van der Waals surface area contributed by atoms with Crippen molar-refractivity contribution in [1.29, 1.82) is 0 Å². The highest BCUT2D eigenvalue weighted by molar-refractivity contribution is 7.98. The molecule has 0 saturated carbocycles. The molecular formula is C14H26N2OS. The van der Waals surface area contributed by atoms with Crippen molar-refractivity contribution < 1.29 is 4.52 Å². The largest absolute Gasteiger partial charge is 0.381 e. The monoisotopic (exact) mass is 270 g/mol. The van der Waals surface area contributed by atoms with Crippen molar-refractivity contribution in [2.75, 3.05) is 11.5 Å². The lowest BCUT2D eigenvalue weighted by Gasteiger charge is -2.01. The second kappa shape index (κ2) is 10.3. The summed E-state index contributed by atoms with van der Waals surface area (Å²) in [6.45, 7) is 2.26. The van der Waals surface area contributed by atoms with Gasteiger partial charge in [0.2, 0.25) is 0 Å². The quantitative estimate of drug-likeness (QED) is 0.596. The summed E-state index contributed by atoms with van der Waals surface area (Å²) < 4.78 is 5.05. The predicted octanol–water partition coefficient (Wildman–Crippen LogP) is 4.63. The Balaban J connectivity index is 1.81. The van der Waals surface area contributed by atoms with Gasteiger partial charge in [0.1, 0.15) is 5.76 Å². The van der Waals surface area contributed by atoms with Crippen LogP contribution in [-0.4, -0.2) is 10.9 Å². The van der Waals surface area contributed by atoms with Crippen LogP contribution in [0.5, 0.6) is 0 Å². The molecule has 0 amide bonds. The van der Waals surface area contributed by atoms with Crippen LogP contribution >= 0.6 is 11.8 Å².